The number of aromatic nitrogens is 1. The molecule has 0 aliphatic carbocycles. The van der Waals surface area contributed by atoms with Crippen molar-refractivity contribution in [3.05, 3.63) is 23.6 Å². The van der Waals surface area contributed by atoms with E-state index in [-0.39, 0.29) is 11.4 Å². The molecule has 1 heterocycles. The maximum absolute atomic E-state index is 14.4. The van der Waals surface area contributed by atoms with Crippen LogP contribution < -0.4 is 10.2 Å². The Labute approximate surface area is 121 Å². The first-order chi connectivity index (χ1) is 9.35. The fraction of sp³-hybridized carbons (Fsp3) is 0.667. The second-order valence-corrected chi connectivity index (χ2v) is 5.98. The van der Waals surface area contributed by atoms with Gasteiger partial charge in [0.05, 0.1) is 0 Å². The second kappa shape index (κ2) is 7.55. The van der Waals surface area contributed by atoms with Gasteiger partial charge in [-0.25, -0.2) is 9.37 Å². The largest absolute Gasteiger partial charge is 0.385 e. The molecule has 0 saturated heterocycles. The van der Waals surface area contributed by atoms with E-state index < -0.39 is 0 Å². The first kappa shape index (κ1) is 16.9. The molecule has 0 fully saturated rings. The van der Waals surface area contributed by atoms with Crippen LogP contribution in [0.2, 0.25) is 0 Å². The standard InChI is InChI=1S/C15H26FN3O/c1-15(2,3)18-11-12-7-8-17-14(13(12)16)19(4)9-6-10-20-5/h7-8,18H,6,9-11H2,1-5H3. The molecular formula is C15H26FN3O. The van der Waals surface area contributed by atoms with Crippen LogP contribution in [0.25, 0.3) is 0 Å². The Morgan fingerprint density at radius 2 is 2.10 bits per heavy atom. The number of methoxy groups -OCH3 is 1. The SMILES string of the molecule is COCCCN(C)c1nccc(CNC(C)(C)C)c1F. The fourth-order valence-corrected chi connectivity index (χ4v) is 1.79. The minimum absolute atomic E-state index is 0.0414. The summed E-state index contributed by atoms with van der Waals surface area (Å²) >= 11 is 0. The molecule has 1 aromatic rings. The molecule has 5 heteroatoms. The van der Waals surface area contributed by atoms with E-state index >= 15 is 0 Å². The third-order valence-electron chi connectivity index (χ3n) is 2.96. The summed E-state index contributed by atoms with van der Waals surface area (Å²) in [4.78, 5) is 5.97. The molecule has 1 N–H and O–H groups in total. The zero-order valence-corrected chi connectivity index (χ0v) is 13.2. The molecule has 114 valence electrons. The van der Waals surface area contributed by atoms with Gasteiger partial charge in [-0.05, 0) is 33.3 Å². The lowest BCUT2D eigenvalue weighted by Gasteiger charge is -2.22. The topological polar surface area (TPSA) is 37.4 Å². The van der Waals surface area contributed by atoms with Crippen LogP contribution in [-0.4, -0.2) is 37.8 Å². The molecule has 1 rings (SSSR count). The summed E-state index contributed by atoms with van der Waals surface area (Å²) in [7, 11) is 3.51. The molecule has 0 aliphatic rings. The summed E-state index contributed by atoms with van der Waals surface area (Å²) < 4.78 is 19.4. The van der Waals surface area contributed by atoms with Gasteiger partial charge in [-0.1, -0.05) is 0 Å². The molecule has 0 bridgehead atoms. The van der Waals surface area contributed by atoms with Gasteiger partial charge in [0.15, 0.2) is 11.6 Å². The highest BCUT2D eigenvalue weighted by Gasteiger charge is 2.15. The number of ether oxygens (including phenoxy) is 1. The quantitative estimate of drug-likeness (QED) is 0.781. The van der Waals surface area contributed by atoms with Gasteiger partial charge in [0.1, 0.15) is 0 Å². The van der Waals surface area contributed by atoms with Gasteiger partial charge < -0.3 is 15.0 Å². The number of halogens is 1. The van der Waals surface area contributed by atoms with Crippen LogP contribution in [0.5, 0.6) is 0 Å². The zero-order valence-electron chi connectivity index (χ0n) is 13.2. The van der Waals surface area contributed by atoms with Crippen molar-refractivity contribution in [2.24, 2.45) is 0 Å². The van der Waals surface area contributed by atoms with Crippen molar-refractivity contribution in [3.63, 3.8) is 0 Å². The van der Waals surface area contributed by atoms with Crippen LogP contribution in [0.15, 0.2) is 12.3 Å². The van der Waals surface area contributed by atoms with Gasteiger partial charge in [-0.2, -0.15) is 0 Å². The summed E-state index contributed by atoms with van der Waals surface area (Å²) in [6, 6.07) is 1.72. The van der Waals surface area contributed by atoms with Gasteiger partial charge in [0.25, 0.3) is 0 Å². The molecule has 0 saturated carbocycles. The van der Waals surface area contributed by atoms with Gasteiger partial charge in [-0.15, -0.1) is 0 Å². The summed E-state index contributed by atoms with van der Waals surface area (Å²) in [5, 5.41) is 3.29. The predicted octanol–water partition coefficient (Wildman–Crippen LogP) is 2.58. The molecule has 0 radical (unpaired) electrons. The monoisotopic (exact) mass is 283 g/mol. The van der Waals surface area contributed by atoms with E-state index in [0.717, 1.165) is 6.42 Å². The van der Waals surface area contributed by atoms with E-state index in [9.17, 15) is 4.39 Å². The second-order valence-electron chi connectivity index (χ2n) is 5.98. The van der Waals surface area contributed by atoms with E-state index in [1.54, 1.807) is 19.4 Å². The van der Waals surface area contributed by atoms with Crippen LogP contribution >= 0.6 is 0 Å². The molecule has 0 aromatic carbocycles. The maximum Gasteiger partial charge on any atom is 0.170 e. The molecule has 0 unspecified atom stereocenters. The summed E-state index contributed by atoms with van der Waals surface area (Å²) in [6.07, 6.45) is 2.50. The fourth-order valence-electron chi connectivity index (χ4n) is 1.79. The van der Waals surface area contributed by atoms with E-state index in [1.165, 1.54) is 0 Å². The third kappa shape index (κ3) is 5.43. The smallest absolute Gasteiger partial charge is 0.170 e. The Balaban J connectivity index is 2.73. The van der Waals surface area contributed by atoms with Crippen LogP contribution in [0.1, 0.15) is 32.8 Å². The minimum Gasteiger partial charge on any atom is -0.385 e. The lowest BCUT2D eigenvalue weighted by Crippen LogP contribution is -2.35. The summed E-state index contributed by atoms with van der Waals surface area (Å²) in [6.45, 7) is 8.06. The minimum atomic E-state index is -0.246. The van der Waals surface area contributed by atoms with Crippen LogP contribution in [0.4, 0.5) is 10.2 Å². The van der Waals surface area contributed by atoms with Crippen LogP contribution in [-0.2, 0) is 11.3 Å². The van der Waals surface area contributed by atoms with E-state index in [2.05, 4.69) is 31.1 Å². The normalized spacial score (nSPS) is 11.7. The number of pyridine rings is 1. The van der Waals surface area contributed by atoms with Crippen molar-refractivity contribution in [3.8, 4) is 0 Å². The number of nitrogens with one attached hydrogen (secondary N) is 1. The number of rotatable bonds is 7. The van der Waals surface area contributed by atoms with E-state index in [1.807, 2.05) is 11.9 Å². The lowest BCUT2D eigenvalue weighted by atomic mass is 10.1. The highest BCUT2D eigenvalue weighted by Crippen LogP contribution is 2.19. The molecule has 20 heavy (non-hydrogen) atoms. The average molecular weight is 283 g/mol. The third-order valence-corrected chi connectivity index (χ3v) is 2.96. The Hall–Kier alpha value is -1.20. The Kier molecular flexibility index (Phi) is 6.36. The number of hydrogen-bond donors (Lipinski definition) is 1. The lowest BCUT2D eigenvalue weighted by molar-refractivity contribution is 0.196. The predicted molar refractivity (Wildman–Crippen MR) is 80.6 cm³/mol. The molecule has 0 aliphatic heterocycles. The van der Waals surface area contributed by atoms with E-state index in [4.69, 9.17) is 4.74 Å². The van der Waals surface area contributed by atoms with Crippen LogP contribution in [0, 0.1) is 5.82 Å². The van der Waals surface area contributed by atoms with E-state index in [0.29, 0.717) is 31.1 Å². The summed E-state index contributed by atoms with van der Waals surface area (Å²) in [5.74, 6) is 0.151. The Morgan fingerprint density at radius 3 is 2.70 bits per heavy atom. The van der Waals surface area contributed by atoms with Gasteiger partial charge >= 0.3 is 0 Å². The molecule has 0 amide bonds. The Morgan fingerprint density at radius 1 is 1.40 bits per heavy atom. The molecular weight excluding hydrogens is 257 g/mol. The molecule has 1 aromatic heterocycles. The number of hydrogen-bond acceptors (Lipinski definition) is 4. The van der Waals surface area contributed by atoms with Crippen LogP contribution in [0.3, 0.4) is 0 Å². The molecule has 0 atom stereocenters. The highest BCUT2D eigenvalue weighted by atomic mass is 19.1. The highest BCUT2D eigenvalue weighted by molar-refractivity contribution is 5.42. The van der Waals surface area contributed by atoms with Gasteiger partial charge in [-0.3, -0.25) is 0 Å². The van der Waals surface area contributed by atoms with Crippen molar-refractivity contribution in [2.45, 2.75) is 39.3 Å². The summed E-state index contributed by atoms with van der Waals surface area (Å²) in [5.41, 5.74) is 0.601. The van der Waals surface area contributed by atoms with Crippen molar-refractivity contribution in [1.29, 1.82) is 0 Å². The van der Waals surface area contributed by atoms with Crippen molar-refractivity contribution in [1.82, 2.24) is 10.3 Å². The van der Waals surface area contributed by atoms with Gasteiger partial charge in [0, 0.05) is 51.2 Å². The van der Waals surface area contributed by atoms with Crippen molar-refractivity contribution >= 4 is 5.82 Å². The Bertz CT molecular complexity index is 418. The van der Waals surface area contributed by atoms with Crippen molar-refractivity contribution in [2.75, 3.05) is 32.2 Å². The first-order valence-electron chi connectivity index (χ1n) is 6.93. The maximum atomic E-state index is 14.4. The number of anilines is 1. The van der Waals surface area contributed by atoms with Crippen molar-refractivity contribution < 1.29 is 9.13 Å². The van der Waals surface area contributed by atoms with Gasteiger partial charge in [0.2, 0.25) is 0 Å². The zero-order chi connectivity index (χ0) is 15.2. The molecule has 0 spiro atoms. The number of nitrogens with zero attached hydrogens (tertiary/aromatic N) is 2. The average Bonchev–Trinajstić information content (AvgIpc) is 2.36. The molecule has 4 nitrogen and oxygen atoms in total. The first-order valence-corrected chi connectivity index (χ1v) is 6.93.